The second-order valence-corrected chi connectivity index (χ2v) is 7.90. The molecule has 4 nitrogen and oxygen atoms in total. The van der Waals surface area contributed by atoms with Crippen LogP contribution in [0.1, 0.15) is 72.3 Å². The topological polar surface area (TPSA) is 41.6 Å². The van der Waals surface area contributed by atoms with E-state index < -0.39 is 0 Å². The molecule has 0 aromatic heterocycles. The van der Waals surface area contributed by atoms with E-state index in [0.29, 0.717) is 13.2 Å². The molecule has 1 rings (SSSR count). The molecule has 0 aliphatic heterocycles. The zero-order chi connectivity index (χ0) is 19.4. The van der Waals surface area contributed by atoms with Gasteiger partial charge in [-0.2, -0.15) is 0 Å². The number of amides is 2. The van der Waals surface area contributed by atoms with Crippen LogP contribution in [0.3, 0.4) is 0 Å². The minimum Gasteiger partial charge on any atom is -0.494 e. The van der Waals surface area contributed by atoms with Crippen molar-refractivity contribution in [3.05, 3.63) is 29.8 Å². The highest BCUT2D eigenvalue weighted by molar-refractivity contribution is 5.74. The van der Waals surface area contributed by atoms with E-state index in [1.165, 1.54) is 5.56 Å². The van der Waals surface area contributed by atoms with Crippen molar-refractivity contribution >= 4 is 6.03 Å². The van der Waals surface area contributed by atoms with Gasteiger partial charge in [0.25, 0.3) is 0 Å². The largest absolute Gasteiger partial charge is 0.494 e. The Hall–Kier alpha value is -1.71. The minimum absolute atomic E-state index is 0.0569. The Bertz CT molecular complexity index is 498. The fraction of sp³-hybridized carbons (Fsp3) is 0.682. The quantitative estimate of drug-likeness (QED) is 0.538. The molecule has 2 amide bonds. The van der Waals surface area contributed by atoms with Crippen molar-refractivity contribution < 1.29 is 9.53 Å². The van der Waals surface area contributed by atoms with Crippen molar-refractivity contribution in [1.82, 2.24) is 10.2 Å². The van der Waals surface area contributed by atoms with Crippen LogP contribution in [0.4, 0.5) is 4.79 Å². The summed E-state index contributed by atoms with van der Waals surface area (Å²) in [7, 11) is 0. The molecule has 0 aliphatic carbocycles. The fourth-order valence-corrected chi connectivity index (χ4v) is 2.63. The number of hydrogen-bond acceptors (Lipinski definition) is 2. The van der Waals surface area contributed by atoms with Crippen molar-refractivity contribution in [3.63, 3.8) is 0 Å². The van der Waals surface area contributed by atoms with Crippen LogP contribution in [-0.4, -0.2) is 37.2 Å². The van der Waals surface area contributed by atoms with Gasteiger partial charge < -0.3 is 15.0 Å². The predicted molar refractivity (Wildman–Crippen MR) is 110 cm³/mol. The number of ether oxygens (including phenoxy) is 1. The van der Waals surface area contributed by atoms with Gasteiger partial charge in [0.05, 0.1) is 6.61 Å². The van der Waals surface area contributed by atoms with Gasteiger partial charge in [-0.25, -0.2) is 4.79 Å². The van der Waals surface area contributed by atoms with Crippen LogP contribution in [0, 0.1) is 0 Å². The first-order valence-electron chi connectivity index (χ1n) is 10.1. The smallest absolute Gasteiger partial charge is 0.317 e. The Labute approximate surface area is 160 Å². The summed E-state index contributed by atoms with van der Waals surface area (Å²) in [6.07, 6.45) is 5.15. The first-order chi connectivity index (χ1) is 12.4. The normalized spacial score (nSPS) is 11.3. The van der Waals surface area contributed by atoms with Crippen LogP contribution in [0.5, 0.6) is 5.75 Å². The highest BCUT2D eigenvalue weighted by Crippen LogP contribution is 2.24. The molecule has 1 aromatic rings. The number of rotatable bonds is 11. The third kappa shape index (κ3) is 8.59. The van der Waals surface area contributed by atoms with E-state index in [1.54, 1.807) is 0 Å². The Morgan fingerprint density at radius 2 is 1.58 bits per heavy atom. The van der Waals surface area contributed by atoms with E-state index in [0.717, 1.165) is 50.9 Å². The number of unbranched alkanes of at least 4 members (excludes halogenated alkanes) is 2. The van der Waals surface area contributed by atoms with Crippen LogP contribution < -0.4 is 10.1 Å². The number of benzene rings is 1. The van der Waals surface area contributed by atoms with Gasteiger partial charge in [0.15, 0.2) is 0 Å². The molecule has 0 heterocycles. The SMILES string of the molecule is CCCCN(CCCC)C(=O)NCCCOc1ccc(C(C)(C)C)cc1. The van der Waals surface area contributed by atoms with Crippen molar-refractivity contribution in [2.24, 2.45) is 0 Å². The summed E-state index contributed by atoms with van der Waals surface area (Å²) in [5.41, 5.74) is 1.46. The van der Waals surface area contributed by atoms with E-state index >= 15 is 0 Å². The Morgan fingerprint density at radius 3 is 2.08 bits per heavy atom. The summed E-state index contributed by atoms with van der Waals surface area (Å²) in [6.45, 7) is 13.9. The maximum atomic E-state index is 12.3. The summed E-state index contributed by atoms with van der Waals surface area (Å²) in [4.78, 5) is 14.2. The van der Waals surface area contributed by atoms with Gasteiger partial charge in [0.2, 0.25) is 0 Å². The zero-order valence-electron chi connectivity index (χ0n) is 17.4. The second kappa shape index (κ2) is 11.8. The number of urea groups is 1. The molecule has 0 saturated carbocycles. The minimum atomic E-state index is 0.0569. The molecular formula is C22H38N2O2. The maximum Gasteiger partial charge on any atom is 0.317 e. The van der Waals surface area contributed by atoms with Gasteiger partial charge in [0, 0.05) is 19.6 Å². The fourth-order valence-electron chi connectivity index (χ4n) is 2.63. The average Bonchev–Trinajstić information content (AvgIpc) is 2.61. The van der Waals surface area contributed by atoms with Gasteiger partial charge in [-0.05, 0) is 42.4 Å². The lowest BCUT2D eigenvalue weighted by atomic mass is 9.87. The lowest BCUT2D eigenvalue weighted by Gasteiger charge is -2.22. The van der Waals surface area contributed by atoms with Crippen LogP contribution >= 0.6 is 0 Å². The summed E-state index contributed by atoms with van der Waals surface area (Å²) in [5, 5.41) is 3.02. The predicted octanol–water partition coefficient (Wildman–Crippen LogP) is 5.36. The Morgan fingerprint density at radius 1 is 1.00 bits per heavy atom. The van der Waals surface area contributed by atoms with Gasteiger partial charge >= 0.3 is 6.03 Å². The summed E-state index contributed by atoms with van der Waals surface area (Å²) in [5.74, 6) is 0.886. The molecule has 0 bridgehead atoms. The summed E-state index contributed by atoms with van der Waals surface area (Å²) in [6, 6.07) is 8.35. The van der Waals surface area contributed by atoms with Gasteiger partial charge in [-0.15, -0.1) is 0 Å². The van der Waals surface area contributed by atoms with Crippen LogP contribution in [0.15, 0.2) is 24.3 Å². The van der Waals surface area contributed by atoms with Crippen LogP contribution in [0.25, 0.3) is 0 Å². The monoisotopic (exact) mass is 362 g/mol. The van der Waals surface area contributed by atoms with Crippen molar-refractivity contribution in [3.8, 4) is 5.75 Å². The molecule has 1 N–H and O–H groups in total. The van der Waals surface area contributed by atoms with E-state index in [2.05, 4.69) is 52.1 Å². The first-order valence-corrected chi connectivity index (χ1v) is 10.1. The molecule has 4 heteroatoms. The molecular weight excluding hydrogens is 324 g/mol. The van der Waals surface area contributed by atoms with Crippen molar-refractivity contribution in [2.75, 3.05) is 26.2 Å². The third-order valence-corrected chi connectivity index (χ3v) is 4.44. The molecule has 0 aliphatic rings. The van der Waals surface area contributed by atoms with E-state index in [9.17, 15) is 4.79 Å². The maximum absolute atomic E-state index is 12.3. The zero-order valence-corrected chi connectivity index (χ0v) is 17.4. The molecule has 0 saturated heterocycles. The number of carbonyl (C=O) groups is 1. The number of nitrogens with zero attached hydrogens (tertiary/aromatic N) is 1. The molecule has 0 fully saturated rings. The lowest BCUT2D eigenvalue weighted by molar-refractivity contribution is 0.195. The molecule has 0 radical (unpaired) electrons. The highest BCUT2D eigenvalue weighted by atomic mass is 16.5. The number of hydrogen-bond donors (Lipinski definition) is 1. The van der Waals surface area contributed by atoms with Crippen molar-refractivity contribution in [2.45, 2.75) is 72.1 Å². The summed E-state index contributed by atoms with van der Waals surface area (Å²) < 4.78 is 5.78. The molecule has 148 valence electrons. The van der Waals surface area contributed by atoms with Gasteiger partial charge in [-0.1, -0.05) is 59.6 Å². The van der Waals surface area contributed by atoms with Crippen LogP contribution in [0.2, 0.25) is 0 Å². The third-order valence-electron chi connectivity index (χ3n) is 4.44. The molecule has 1 aromatic carbocycles. The standard InChI is InChI=1S/C22H38N2O2/c1-6-8-16-24(17-9-7-2)21(25)23-15-10-18-26-20-13-11-19(12-14-20)22(3,4)5/h11-14H,6-10,15-18H2,1-5H3,(H,23,25). The number of nitrogens with one attached hydrogen (secondary N) is 1. The van der Waals surface area contributed by atoms with Crippen molar-refractivity contribution in [1.29, 1.82) is 0 Å². The van der Waals surface area contributed by atoms with Gasteiger partial charge in [0.1, 0.15) is 5.75 Å². The molecule has 0 unspecified atom stereocenters. The second-order valence-electron chi connectivity index (χ2n) is 7.90. The van der Waals surface area contributed by atoms with Gasteiger partial charge in [-0.3, -0.25) is 0 Å². The van der Waals surface area contributed by atoms with Crippen LogP contribution in [-0.2, 0) is 5.41 Å². The molecule has 0 spiro atoms. The molecule has 26 heavy (non-hydrogen) atoms. The summed E-state index contributed by atoms with van der Waals surface area (Å²) >= 11 is 0. The van der Waals surface area contributed by atoms with E-state index in [4.69, 9.17) is 4.74 Å². The van der Waals surface area contributed by atoms with E-state index in [1.807, 2.05) is 17.0 Å². The average molecular weight is 363 g/mol. The first kappa shape index (κ1) is 22.3. The molecule has 0 atom stereocenters. The Balaban J connectivity index is 2.28. The highest BCUT2D eigenvalue weighted by Gasteiger charge is 2.13. The Kier molecular flexibility index (Phi) is 10.2. The van der Waals surface area contributed by atoms with E-state index in [-0.39, 0.29) is 11.4 Å². The lowest BCUT2D eigenvalue weighted by Crippen LogP contribution is -2.41. The number of carbonyl (C=O) groups excluding carboxylic acids is 1.